The average Bonchev–Trinajstić information content (AvgIpc) is 2.77. The molecule has 19 heavy (non-hydrogen) atoms. The number of hydrogen-bond donors (Lipinski definition) is 2. The van der Waals surface area contributed by atoms with Gasteiger partial charge in [0.1, 0.15) is 0 Å². The van der Waals surface area contributed by atoms with Gasteiger partial charge >= 0.3 is 0 Å². The number of aromatic amines is 1. The smallest absolute Gasteiger partial charge is 0.0478 e. The van der Waals surface area contributed by atoms with Crippen molar-refractivity contribution >= 4 is 10.9 Å². The molecule has 2 N–H and O–H groups in total. The van der Waals surface area contributed by atoms with Crippen molar-refractivity contribution in [3.05, 3.63) is 35.5 Å². The Kier molecular flexibility index (Phi) is 2.66. The highest BCUT2D eigenvalue weighted by Gasteiger charge is 2.30. The van der Waals surface area contributed by atoms with Crippen LogP contribution in [0.15, 0.2) is 24.3 Å². The van der Waals surface area contributed by atoms with E-state index in [-0.39, 0.29) is 0 Å². The van der Waals surface area contributed by atoms with E-state index in [1.807, 2.05) is 0 Å². The number of hydrogen-bond acceptors (Lipinski definition) is 1. The van der Waals surface area contributed by atoms with Crippen LogP contribution in [0.25, 0.3) is 10.9 Å². The van der Waals surface area contributed by atoms with Crippen LogP contribution in [0.1, 0.15) is 49.9 Å². The third-order valence-corrected chi connectivity index (χ3v) is 4.93. The number of rotatable bonds is 2. The van der Waals surface area contributed by atoms with E-state index >= 15 is 0 Å². The molecule has 1 fully saturated rings. The number of aromatic nitrogens is 1. The second-order valence-corrected chi connectivity index (χ2v) is 6.45. The van der Waals surface area contributed by atoms with Gasteiger partial charge in [-0.05, 0) is 49.7 Å². The van der Waals surface area contributed by atoms with Crippen LogP contribution in [0, 0.1) is 5.92 Å². The molecular weight excluding hydrogens is 232 g/mol. The van der Waals surface area contributed by atoms with Crippen LogP contribution >= 0.6 is 0 Å². The van der Waals surface area contributed by atoms with E-state index in [0.717, 1.165) is 12.0 Å². The Morgan fingerprint density at radius 1 is 1.21 bits per heavy atom. The monoisotopic (exact) mass is 254 g/mol. The summed E-state index contributed by atoms with van der Waals surface area (Å²) >= 11 is 0. The van der Waals surface area contributed by atoms with Gasteiger partial charge in [-0.2, -0.15) is 0 Å². The van der Waals surface area contributed by atoms with Crippen molar-refractivity contribution in [2.45, 2.75) is 51.1 Å². The van der Waals surface area contributed by atoms with E-state index in [1.165, 1.54) is 48.7 Å². The van der Waals surface area contributed by atoms with E-state index in [1.54, 1.807) is 5.56 Å². The number of nitrogens with one attached hydrogen (secondary N) is 2. The molecule has 100 valence electrons. The molecule has 1 unspecified atom stereocenters. The van der Waals surface area contributed by atoms with E-state index in [4.69, 9.17) is 0 Å². The molecule has 0 radical (unpaired) electrons. The Morgan fingerprint density at radius 3 is 2.89 bits per heavy atom. The maximum Gasteiger partial charge on any atom is 0.0478 e. The molecule has 0 bridgehead atoms. The third-order valence-electron chi connectivity index (χ3n) is 4.93. The summed E-state index contributed by atoms with van der Waals surface area (Å²) in [7, 11) is 0. The fraction of sp³-hybridized carbons (Fsp3) is 0.529. The SMILES string of the molecule is CC1CC(NC2CCCc3c2[nH]c2ccccc32)C1. The lowest BCUT2D eigenvalue weighted by Gasteiger charge is -2.37. The van der Waals surface area contributed by atoms with Crippen molar-refractivity contribution in [1.29, 1.82) is 0 Å². The maximum absolute atomic E-state index is 3.87. The van der Waals surface area contributed by atoms with Gasteiger partial charge in [0, 0.05) is 28.7 Å². The number of para-hydroxylation sites is 1. The topological polar surface area (TPSA) is 27.8 Å². The molecule has 2 nitrogen and oxygen atoms in total. The molecule has 1 heterocycles. The largest absolute Gasteiger partial charge is 0.357 e. The molecular formula is C17H22N2. The Balaban J connectivity index is 1.66. The lowest BCUT2D eigenvalue weighted by atomic mass is 9.80. The van der Waals surface area contributed by atoms with Gasteiger partial charge < -0.3 is 10.3 Å². The zero-order valence-electron chi connectivity index (χ0n) is 11.6. The molecule has 1 aromatic carbocycles. The standard InChI is InChI=1S/C17H22N2/c1-11-9-12(10-11)18-16-8-4-6-14-13-5-2-3-7-15(13)19-17(14)16/h2-3,5,7,11-12,16,18-19H,4,6,8-10H2,1H3. The average molecular weight is 254 g/mol. The van der Waals surface area contributed by atoms with Crippen LogP contribution in [0.3, 0.4) is 0 Å². The van der Waals surface area contributed by atoms with Crippen LogP contribution in [0.4, 0.5) is 0 Å². The summed E-state index contributed by atoms with van der Waals surface area (Å²) in [6, 6.07) is 10.0. The van der Waals surface area contributed by atoms with Crippen molar-refractivity contribution in [2.24, 2.45) is 5.92 Å². The highest BCUT2D eigenvalue weighted by atomic mass is 15.0. The maximum atomic E-state index is 3.87. The van der Waals surface area contributed by atoms with Gasteiger partial charge in [-0.1, -0.05) is 25.1 Å². The number of aryl methyl sites for hydroxylation is 1. The summed E-state index contributed by atoms with van der Waals surface area (Å²) in [6.45, 7) is 2.35. The number of fused-ring (bicyclic) bond motifs is 3. The number of benzene rings is 1. The minimum Gasteiger partial charge on any atom is -0.357 e. The van der Waals surface area contributed by atoms with Gasteiger partial charge in [0.15, 0.2) is 0 Å². The second-order valence-electron chi connectivity index (χ2n) is 6.45. The molecule has 0 saturated heterocycles. The lowest BCUT2D eigenvalue weighted by Crippen LogP contribution is -2.42. The van der Waals surface area contributed by atoms with Gasteiger partial charge in [-0.15, -0.1) is 0 Å². The summed E-state index contributed by atoms with van der Waals surface area (Å²) in [5.41, 5.74) is 4.34. The van der Waals surface area contributed by atoms with Crippen molar-refractivity contribution in [2.75, 3.05) is 0 Å². The highest BCUT2D eigenvalue weighted by molar-refractivity contribution is 5.85. The Bertz CT molecular complexity index is 592. The van der Waals surface area contributed by atoms with Gasteiger partial charge in [-0.3, -0.25) is 0 Å². The summed E-state index contributed by atoms with van der Waals surface area (Å²) < 4.78 is 0. The Morgan fingerprint density at radius 2 is 2.05 bits per heavy atom. The molecule has 1 atom stereocenters. The van der Waals surface area contributed by atoms with Crippen LogP contribution in [-0.2, 0) is 6.42 Å². The molecule has 2 aromatic rings. The molecule has 2 aliphatic rings. The van der Waals surface area contributed by atoms with E-state index in [2.05, 4.69) is 41.5 Å². The molecule has 2 heteroatoms. The summed E-state index contributed by atoms with van der Waals surface area (Å²) in [5.74, 6) is 0.920. The first kappa shape index (κ1) is 11.5. The molecule has 0 spiro atoms. The zero-order chi connectivity index (χ0) is 12.8. The van der Waals surface area contributed by atoms with Crippen LogP contribution < -0.4 is 5.32 Å². The van der Waals surface area contributed by atoms with Crippen LogP contribution in [0.5, 0.6) is 0 Å². The summed E-state index contributed by atoms with van der Waals surface area (Å²) in [4.78, 5) is 3.67. The van der Waals surface area contributed by atoms with Crippen molar-refractivity contribution in [3.8, 4) is 0 Å². The molecule has 1 saturated carbocycles. The predicted molar refractivity (Wildman–Crippen MR) is 79.3 cm³/mol. The van der Waals surface area contributed by atoms with E-state index < -0.39 is 0 Å². The first-order valence-electron chi connectivity index (χ1n) is 7.67. The van der Waals surface area contributed by atoms with Crippen LogP contribution in [-0.4, -0.2) is 11.0 Å². The predicted octanol–water partition coefficient (Wildman–Crippen LogP) is 3.93. The third kappa shape index (κ3) is 1.90. The molecule has 0 amide bonds. The normalized spacial score (nSPS) is 30.1. The minimum atomic E-state index is 0.550. The quantitative estimate of drug-likeness (QED) is 0.835. The van der Waals surface area contributed by atoms with E-state index in [9.17, 15) is 0 Å². The number of H-pyrrole nitrogens is 1. The first-order chi connectivity index (χ1) is 9.31. The summed E-state index contributed by atoms with van der Waals surface area (Å²) in [5, 5.41) is 5.31. The van der Waals surface area contributed by atoms with Crippen LogP contribution in [0.2, 0.25) is 0 Å². The van der Waals surface area contributed by atoms with Crippen molar-refractivity contribution in [1.82, 2.24) is 10.3 Å². The second kappa shape index (κ2) is 4.38. The van der Waals surface area contributed by atoms with Crippen molar-refractivity contribution < 1.29 is 0 Å². The van der Waals surface area contributed by atoms with E-state index in [0.29, 0.717) is 6.04 Å². The molecule has 0 aliphatic heterocycles. The lowest BCUT2D eigenvalue weighted by molar-refractivity contribution is 0.214. The van der Waals surface area contributed by atoms with Crippen molar-refractivity contribution in [3.63, 3.8) is 0 Å². The van der Waals surface area contributed by atoms with Gasteiger partial charge in [0.2, 0.25) is 0 Å². The van der Waals surface area contributed by atoms with Gasteiger partial charge in [0.05, 0.1) is 0 Å². The minimum absolute atomic E-state index is 0.550. The summed E-state index contributed by atoms with van der Waals surface area (Å²) in [6.07, 6.45) is 6.54. The molecule has 4 rings (SSSR count). The fourth-order valence-corrected chi connectivity index (χ4v) is 3.90. The zero-order valence-corrected chi connectivity index (χ0v) is 11.6. The fourth-order valence-electron chi connectivity index (χ4n) is 3.90. The highest BCUT2D eigenvalue weighted by Crippen LogP contribution is 2.37. The van der Waals surface area contributed by atoms with Gasteiger partial charge in [-0.25, -0.2) is 0 Å². The van der Waals surface area contributed by atoms with Gasteiger partial charge in [0.25, 0.3) is 0 Å². The Hall–Kier alpha value is -1.28. The first-order valence-corrected chi connectivity index (χ1v) is 7.67. The molecule has 1 aromatic heterocycles. The molecule has 2 aliphatic carbocycles. The Labute approximate surface area is 114 Å².